The van der Waals surface area contributed by atoms with Crippen molar-refractivity contribution in [2.45, 2.75) is 12.8 Å². The molecule has 3 heteroatoms. The van der Waals surface area contributed by atoms with Crippen molar-refractivity contribution in [1.29, 1.82) is 0 Å². The van der Waals surface area contributed by atoms with Crippen LogP contribution >= 0.6 is 0 Å². The number of aromatic nitrogens is 1. The molecule has 0 aliphatic rings. The van der Waals surface area contributed by atoms with E-state index in [0.717, 1.165) is 16.8 Å². The third-order valence-corrected chi connectivity index (χ3v) is 3.79. The van der Waals surface area contributed by atoms with Gasteiger partial charge in [-0.15, -0.1) is 0 Å². The summed E-state index contributed by atoms with van der Waals surface area (Å²) in [6.45, 7) is 2.09. The number of aromatic hydroxyl groups is 1. The number of methoxy groups -OCH3 is 1. The van der Waals surface area contributed by atoms with Crippen LogP contribution in [0.4, 0.5) is 0 Å². The normalized spacial score (nSPS) is 12.5. The zero-order chi connectivity index (χ0) is 14.1. The smallest absolute Gasteiger partial charge is 0.119 e. The fourth-order valence-corrected chi connectivity index (χ4v) is 2.63. The lowest BCUT2D eigenvalue weighted by molar-refractivity contribution is 0.410. The van der Waals surface area contributed by atoms with Gasteiger partial charge in [0, 0.05) is 28.6 Å². The van der Waals surface area contributed by atoms with E-state index in [9.17, 15) is 5.11 Å². The van der Waals surface area contributed by atoms with Crippen molar-refractivity contribution >= 4 is 10.9 Å². The Hall–Kier alpha value is -2.42. The zero-order valence-corrected chi connectivity index (χ0v) is 11.6. The monoisotopic (exact) mass is 267 g/mol. The number of benzene rings is 2. The second-order valence-corrected chi connectivity index (χ2v) is 4.94. The molecule has 1 atom stereocenters. The summed E-state index contributed by atoms with van der Waals surface area (Å²) in [6, 6.07) is 13.5. The number of H-pyrrole nitrogens is 1. The zero-order valence-electron chi connectivity index (χ0n) is 11.6. The molecule has 0 amide bonds. The van der Waals surface area contributed by atoms with Gasteiger partial charge in [0.15, 0.2) is 0 Å². The van der Waals surface area contributed by atoms with Crippen LogP contribution in [0, 0.1) is 0 Å². The molecule has 1 unspecified atom stereocenters. The van der Waals surface area contributed by atoms with E-state index in [-0.39, 0.29) is 5.92 Å². The number of fused-ring (bicyclic) bond motifs is 1. The molecule has 0 saturated carbocycles. The third kappa shape index (κ3) is 2.01. The van der Waals surface area contributed by atoms with E-state index in [4.69, 9.17) is 4.74 Å². The highest BCUT2D eigenvalue weighted by atomic mass is 16.5. The van der Waals surface area contributed by atoms with Crippen LogP contribution in [0.3, 0.4) is 0 Å². The van der Waals surface area contributed by atoms with Crippen molar-refractivity contribution < 1.29 is 9.84 Å². The maximum absolute atomic E-state index is 10.1. The van der Waals surface area contributed by atoms with Gasteiger partial charge in [0.05, 0.1) is 7.11 Å². The van der Waals surface area contributed by atoms with Gasteiger partial charge in [-0.25, -0.2) is 0 Å². The van der Waals surface area contributed by atoms with Crippen LogP contribution in [0.15, 0.2) is 48.7 Å². The maximum atomic E-state index is 10.1. The number of hydrogen-bond acceptors (Lipinski definition) is 2. The van der Waals surface area contributed by atoms with E-state index in [1.807, 2.05) is 24.4 Å². The molecule has 0 aliphatic heterocycles. The summed E-state index contributed by atoms with van der Waals surface area (Å²) in [5.74, 6) is 1.13. The molecular weight excluding hydrogens is 250 g/mol. The van der Waals surface area contributed by atoms with Gasteiger partial charge in [-0.1, -0.05) is 25.1 Å². The van der Waals surface area contributed by atoms with Gasteiger partial charge in [0.1, 0.15) is 11.5 Å². The van der Waals surface area contributed by atoms with Crippen LogP contribution in [-0.2, 0) is 0 Å². The number of aromatic amines is 1. The topological polar surface area (TPSA) is 45.2 Å². The SMILES string of the molecule is COc1ccc(O)c(C(C)c2c[nH]c3ccccc23)c1. The number of rotatable bonds is 3. The minimum atomic E-state index is 0.0845. The van der Waals surface area contributed by atoms with Gasteiger partial charge < -0.3 is 14.8 Å². The Morgan fingerprint density at radius 2 is 1.90 bits per heavy atom. The summed E-state index contributed by atoms with van der Waals surface area (Å²) in [5.41, 5.74) is 3.15. The molecule has 2 N–H and O–H groups in total. The lowest BCUT2D eigenvalue weighted by Gasteiger charge is -2.14. The lowest BCUT2D eigenvalue weighted by Crippen LogP contribution is -1.96. The van der Waals surface area contributed by atoms with Crippen molar-refractivity contribution in [3.63, 3.8) is 0 Å². The molecule has 1 aromatic heterocycles. The van der Waals surface area contributed by atoms with Crippen LogP contribution in [0.2, 0.25) is 0 Å². The average molecular weight is 267 g/mol. The largest absolute Gasteiger partial charge is 0.508 e. The minimum Gasteiger partial charge on any atom is -0.508 e. The first kappa shape index (κ1) is 12.6. The first-order chi connectivity index (χ1) is 9.70. The summed E-state index contributed by atoms with van der Waals surface area (Å²) in [6.07, 6.45) is 2.01. The predicted octanol–water partition coefficient (Wildman–Crippen LogP) is 4.03. The van der Waals surface area contributed by atoms with Crippen molar-refractivity contribution in [3.8, 4) is 11.5 Å². The Morgan fingerprint density at radius 1 is 1.10 bits per heavy atom. The van der Waals surface area contributed by atoms with E-state index < -0.39 is 0 Å². The van der Waals surface area contributed by atoms with Crippen LogP contribution in [0.25, 0.3) is 10.9 Å². The maximum Gasteiger partial charge on any atom is 0.119 e. The van der Waals surface area contributed by atoms with Crippen molar-refractivity contribution in [2.24, 2.45) is 0 Å². The molecule has 0 aliphatic carbocycles. The highest BCUT2D eigenvalue weighted by molar-refractivity contribution is 5.84. The number of phenolic OH excluding ortho intramolecular Hbond substituents is 1. The number of ether oxygens (including phenoxy) is 1. The van der Waals surface area contributed by atoms with Crippen molar-refractivity contribution in [3.05, 3.63) is 59.8 Å². The lowest BCUT2D eigenvalue weighted by atomic mass is 9.92. The van der Waals surface area contributed by atoms with E-state index in [1.165, 1.54) is 10.9 Å². The van der Waals surface area contributed by atoms with Gasteiger partial charge in [-0.2, -0.15) is 0 Å². The molecule has 102 valence electrons. The molecule has 0 fully saturated rings. The fraction of sp³-hybridized carbons (Fsp3) is 0.176. The quantitative estimate of drug-likeness (QED) is 0.752. The van der Waals surface area contributed by atoms with Gasteiger partial charge in [0.2, 0.25) is 0 Å². The molecule has 1 heterocycles. The molecule has 0 radical (unpaired) electrons. The van der Waals surface area contributed by atoms with Crippen molar-refractivity contribution in [2.75, 3.05) is 7.11 Å². The van der Waals surface area contributed by atoms with Gasteiger partial charge in [-0.05, 0) is 29.8 Å². The fourth-order valence-electron chi connectivity index (χ4n) is 2.63. The van der Waals surface area contributed by atoms with E-state index in [1.54, 1.807) is 19.2 Å². The Labute approximate surface area is 117 Å². The average Bonchev–Trinajstić information content (AvgIpc) is 2.91. The van der Waals surface area contributed by atoms with E-state index in [2.05, 4.69) is 24.0 Å². The van der Waals surface area contributed by atoms with Crippen molar-refractivity contribution in [1.82, 2.24) is 4.98 Å². The summed E-state index contributed by atoms with van der Waals surface area (Å²) in [5, 5.41) is 11.3. The summed E-state index contributed by atoms with van der Waals surface area (Å²) in [4.78, 5) is 3.27. The van der Waals surface area contributed by atoms with Gasteiger partial charge in [0.25, 0.3) is 0 Å². The molecule has 3 rings (SSSR count). The standard InChI is InChI=1S/C17H17NO2/c1-11(14-9-12(20-2)7-8-17(14)19)15-10-18-16-6-4-3-5-13(15)16/h3-11,18-19H,1-2H3. The molecule has 3 aromatic rings. The predicted molar refractivity (Wildman–Crippen MR) is 80.5 cm³/mol. The Balaban J connectivity index is 2.10. The Kier molecular flexibility index (Phi) is 3.11. The number of phenols is 1. The summed E-state index contributed by atoms with van der Waals surface area (Å²) < 4.78 is 5.25. The second-order valence-electron chi connectivity index (χ2n) is 4.94. The minimum absolute atomic E-state index is 0.0845. The third-order valence-electron chi connectivity index (χ3n) is 3.79. The highest BCUT2D eigenvalue weighted by Gasteiger charge is 2.17. The van der Waals surface area contributed by atoms with Crippen LogP contribution in [0.5, 0.6) is 11.5 Å². The van der Waals surface area contributed by atoms with Crippen LogP contribution in [-0.4, -0.2) is 17.2 Å². The number of nitrogens with one attached hydrogen (secondary N) is 1. The van der Waals surface area contributed by atoms with E-state index >= 15 is 0 Å². The second kappa shape index (κ2) is 4.93. The van der Waals surface area contributed by atoms with Gasteiger partial charge >= 0.3 is 0 Å². The molecule has 3 nitrogen and oxygen atoms in total. The molecular formula is C17H17NO2. The van der Waals surface area contributed by atoms with Crippen LogP contribution < -0.4 is 4.74 Å². The molecule has 20 heavy (non-hydrogen) atoms. The first-order valence-corrected chi connectivity index (χ1v) is 6.63. The van der Waals surface area contributed by atoms with Crippen LogP contribution in [0.1, 0.15) is 24.0 Å². The highest BCUT2D eigenvalue weighted by Crippen LogP contribution is 2.36. The molecule has 0 bridgehead atoms. The Morgan fingerprint density at radius 3 is 2.70 bits per heavy atom. The van der Waals surface area contributed by atoms with Gasteiger partial charge in [-0.3, -0.25) is 0 Å². The number of hydrogen-bond donors (Lipinski definition) is 2. The number of para-hydroxylation sites is 1. The summed E-state index contributed by atoms with van der Waals surface area (Å²) in [7, 11) is 1.63. The summed E-state index contributed by atoms with van der Waals surface area (Å²) >= 11 is 0. The van der Waals surface area contributed by atoms with E-state index in [0.29, 0.717) is 5.75 Å². The molecule has 2 aromatic carbocycles. The first-order valence-electron chi connectivity index (χ1n) is 6.63. The molecule has 0 spiro atoms. The Bertz CT molecular complexity index is 746. The molecule has 0 saturated heterocycles.